The average Bonchev–Trinajstić information content (AvgIpc) is 3.24. The lowest BCUT2D eigenvalue weighted by molar-refractivity contribution is 0.249. The summed E-state index contributed by atoms with van der Waals surface area (Å²) in [5.74, 6) is 0.614. The zero-order valence-electron chi connectivity index (χ0n) is 20.0. The molecule has 0 bridgehead atoms. The lowest BCUT2D eigenvalue weighted by Crippen LogP contribution is -2.25. The Morgan fingerprint density at radius 2 is 1.60 bits per heavy atom. The summed E-state index contributed by atoms with van der Waals surface area (Å²) in [5.41, 5.74) is 1.26. The van der Waals surface area contributed by atoms with Crippen molar-refractivity contribution in [3.8, 4) is 5.75 Å². The monoisotopic (exact) mass is 495 g/mol. The van der Waals surface area contributed by atoms with Gasteiger partial charge in [0.15, 0.2) is 0 Å². The minimum absolute atomic E-state index is 0.144. The maximum absolute atomic E-state index is 13.7. The third-order valence-corrected chi connectivity index (χ3v) is 7.96. The predicted octanol–water partition coefficient (Wildman–Crippen LogP) is 6.11. The fraction of sp³-hybridized carbons (Fsp3) is 0.286. The average molecular weight is 496 g/mol. The molecular weight excluding hydrogens is 465 g/mol. The van der Waals surface area contributed by atoms with Crippen molar-refractivity contribution >= 4 is 20.8 Å². The van der Waals surface area contributed by atoms with Crippen LogP contribution in [0.4, 0.5) is 4.39 Å². The second kappa shape index (κ2) is 11.1. The molecule has 0 atom stereocenters. The molecule has 4 rings (SSSR count). The minimum Gasteiger partial charge on any atom is -0.494 e. The quantitative estimate of drug-likeness (QED) is 0.235. The number of halogens is 1. The van der Waals surface area contributed by atoms with Crippen molar-refractivity contribution < 1.29 is 22.0 Å². The van der Waals surface area contributed by atoms with E-state index in [1.165, 1.54) is 12.1 Å². The van der Waals surface area contributed by atoms with E-state index in [-0.39, 0.29) is 22.0 Å². The van der Waals surface area contributed by atoms with Crippen molar-refractivity contribution in [2.45, 2.75) is 36.5 Å². The van der Waals surface area contributed by atoms with Crippen LogP contribution in [0, 0.1) is 5.82 Å². The first-order valence-electron chi connectivity index (χ1n) is 11.9. The lowest BCUT2D eigenvalue weighted by atomic mass is 10.1. The lowest BCUT2D eigenvalue weighted by Gasteiger charge is -2.17. The molecule has 35 heavy (non-hydrogen) atoms. The molecule has 5 nitrogen and oxygen atoms in total. The first kappa shape index (κ1) is 24.9. The van der Waals surface area contributed by atoms with Crippen LogP contribution in [0.3, 0.4) is 0 Å². The van der Waals surface area contributed by atoms with E-state index in [0.29, 0.717) is 29.1 Å². The van der Waals surface area contributed by atoms with Gasteiger partial charge in [-0.2, -0.15) is 0 Å². The van der Waals surface area contributed by atoms with Crippen LogP contribution < -0.4 is 4.74 Å². The summed E-state index contributed by atoms with van der Waals surface area (Å²) >= 11 is 0. The number of nitrogens with zero attached hydrogens (tertiary/aromatic N) is 1. The Hall–Kier alpha value is -3.16. The van der Waals surface area contributed by atoms with Gasteiger partial charge in [0.2, 0.25) is 9.84 Å². The van der Waals surface area contributed by atoms with E-state index in [0.717, 1.165) is 31.6 Å². The van der Waals surface area contributed by atoms with Gasteiger partial charge < -0.3 is 14.1 Å². The van der Waals surface area contributed by atoms with E-state index in [2.05, 4.69) is 18.7 Å². The van der Waals surface area contributed by atoms with Crippen molar-refractivity contribution in [3.63, 3.8) is 0 Å². The molecule has 0 spiro atoms. The Balaban J connectivity index is 1.57. The third-order valence-electron chi connectivity index (χ3n) is 6.08. The summed E-state index contributed by atoms with van der Waals surface area (Å²) in [6.07, 6.45) is 1.13. The summed E-state index contributed by atoms with van der Waals surface area (Å²) in [5, 5.41) is 0.529. The minimum atomic E-state index is -3.87. The summed E-state index contributed by atoms with van der Waals surface area (Å²) in [6.45, 7) is 7.82. The van der Waals surface area contributed by atoms with E-state index < -0.39 is 9.84 Å². The largest absolute Gasteiger partial charge is 0.494 e. The van der Waals surface area contributed by atoms with Crippen LogP contribution >= 0.6 is 0 Å². The molecule has 0 N–H and O–H groups in total. The van der Waals surface area contributed by atoms with E-state index in [1.54, 1.807) is 60.7 Å². The van der Waals surface area contributed by atoms with E-state index in [9.17, 15) is 12.8 Å². The van der Waals surface area contributed by atoms with Crippen molar-refractivity contribution in [1.29, 1.82) is 0 Å². The van der Waals surface area contributed by atoms with Crippen LogP contribution in [0.25, 0.3) is 11.0 Å². The van der Waals surface area contributed by atoms with Crippen molar-refractivity contribution in [2.75, 3.05) is 26.2 Å². The van der Waals surface area contributed by atoms with E-state index in [1.807, 2.05) is 0 Å². The Morgan fingerprint density at radius 3 is 2.29 bits per heavy atom. The summed E-state index contributed by atoms with van der Waals surface area (Å²) in [4.78, 5) is 2.64. The van der Waals surface area contributed by atoms with Crippen LogP contribution in [0.15, 0.2) is 87.0 Å². The van der Waals surface area contributed by atoms with Gasteiger partial charge in [0, 0.05) is 18.4 Å². The molecular formula is C28H30FNO4S. The topological polar surface area (TPSA) is 59.8 Å². The highest BCUT2D eigenvalue weighted by Crippen LogP contribution is 2.35. The molecule has 0 saturated carbocycles. The molecule has 0 aliphatic heterocycles. The predicted molar refractivity (Wildman–Crippen MR) is 135 cm³/mol. The fourth-order valence-corrected chi connectivity index (χ4v) is 5.72. The summed E-state index contributed by atoms with van der Waals surface area (Å²) < 4.78 is 52.6. The van der Waals surface area contributed by atoms with Gasteiger partial charge in [-0.15, -0.1) is 0 Å². The molecule has 0 aliphatic rings. The Morgan fingerprint density at radius 1 is 0.914 bits per heavy atom. The van der Waals surface area contributed by atoms with E-state index in [4.69, 9.17) is 9.15 Å². The van der Waals surface area contributed by atoms with Crippen LogP contribution in [0.5, 0.6) is 5.75 Å². The zero-order valence-corrected chi connectivity index (χ0v) is 20.9. The van der Waals surface area contributed by atoms with Crippen molar-refractivity contribution in [1.82, 2.24) is 4.90 Å². The number of hydrogen-bond acceptors (Lipinski definition) is 5. The molecule has 0 aliphatic carbocycles. The van der Waals surface area contributed by atoms with Gasteiger partial charge in [0.05, 0.1) is 11.5 Å². The number of benzene rings is 3. The first-order valence-corrected chi connectivity index (χ1v) is 13.4. The number of ether oxygens (including phenoxy) is 1. The molecule has 3 aromatic carbocycles. The van der Waals surface area contributed by atoms with Crippen LogP contribution in [-0.2, 0) is 16.3 Å². The zero-order chi connectivity index (χ0) is 24.8. The molecule has 1 heterocycles. The molecule has 4 aromatic rings. The third kappa shape index (κ3) is 5.74. The van der Waals surface area contributed by atoms with Gasteiger partial charge in [-0.3, -0.25) is 0 Å². The molecule has 1 aromatic heterocycles. The SMILES string of the molecule is CCN(CC)CCCOc1ccc(S(=O)(=O)c2c(Cc3ccc(F)cc3)oc3ccccc23)cc1. The molecule has 0 saturated heterocycles. The highest BCUT2D eigenvalue weighted by Gasteiger charge is 2.28. The molecule has 0 unspecified atom stereocenters. The molecule has 7 heteroatoms. The number of hydrogen-bond donors (Lipinski definition) is 0. The number of rotatable bonds is 11. The van der Waals surface area contributed by atoms with Gasteiger partial charge in [0.1, 0.15) is 27.8 Å². The Kier molecular flexibility index (Phi) is 7.88. The van der Waals surface area contributed by atoms with Gasteiger partial charge in [-0.25, -0.2) is 12.8 Å². The van der Waals surface area contributed by atoms with Crippen LogP contribution in [0.2, 0.25) is 0 Å². The maximum Gasteiger partial charge on any atom is 0.210 e. The number of sulfone groups is 1. The number of para-hydroxylation sites is 1. The van der Waals surface area contributed by atoms with E-state index >= 15 is 0 Å². The second-order valence-electron chi connectivity index (χ2n) is 8.36. The highest BCUT2D eigenvalue weighted by atomic mass is 32.2. The van der Waals surface area contributed by atoms with Crippen LogP contribution in [0.1, 0.15) is 31.6 Å². The number of fused-ring (bicyclic) bond motifs is 1. The van der Waals surface area contributed by atoms with Crippen molar-refractivity contribution in [3.05, 3.63) is 89.9 Å². The standard InChI is InChI=1S/C28H30FNO4S/c1-3-30(4-2)18-7-19-33-23-14-16-24(17-15-23)35(31,32)28-25-8-5-6-9-26(25)34-27(28)20-21-10-12-22(29)13-11-21/h5-6,8-17H,3-4,7,18-20H2,1-2H3. The van der Waals surface area contributed by atoms with Gasteiger partial charge in [-0.1, -0.05) is 38.1 Å². The molecule has 0 radical (unpaired) electrons. The Labute approximate surface area is 206 Å². The molecule has 0 fully saturated rings. The molecule has 0 amide bonds. The van der Waals surface area contributed by atoms with Gasteiger partial charge >= 0.3 is 0 Å². The number of furan rings is 1. The normalized spacial score (nSPS) is 11.9. The van der Waals surface area contributed by atoms with Gasteiger partial charge in [-0.05, 0) is 73.6 Å². The second-order valence-corrected chi connectivity index (χ2v) is 10.2. The van der Waals surface area contributed by atoms with Crippen LogP contribution in [-0.4, -0.2) is 39.6 Å². The fourth-order valence-electron chi connectivity index (χ4n) is 4.12. The highest BCUT2D eigenvalue weighted by molar-refractivity contribution is 7.91. The van der Waals surface area contributed by atoms with Crippen molar-refractivity contribution in [2.24, 2.45) is 0 Å². The first-order chi connectivity index (χ1) is 16.9. The summed E-state index contributed by atoms with van der Waals surface area (Å²) in [6, 6.07) is 19.6. The maximum atomic E-state index is 13.7. The smallest absolute Gasteiger partial charge is 0.210 e. The summed E-state index contributed by atoms with van der Waals surface area (Å²) in [7, 11) is -3.87. The Bertz CT molecular complexity index is 1360. The van der Waals surface area contributed by atoms with Gasteiger partial charge in [0.25, 0.3) is 0 Å². The molecule has 184 valence electrons.